The first kappa shape index (κ1) is 21.7. The highest BCUT2D eigenvalue weighted by molar-refractivity contribution is 7.89. The van der Waals surface area contributed by atoms with Gasteiger partial charge in [0.15, 0.2) is 10.6 Å². The normalized spacial score (nSPS) is 15.8. The molecule has 0 spiro atoms. The predicted molar refractivity (Wildman–Crippen MR) is 121 cm³/mol. The lowest BCUT2D eigenvalue weighted by Crippen LogP contribution is -2.48. The number of ether oxygens (including phenoxy) is 1. The van der Waals surface area contributed by atoms with E-state index in [-0.39, 0.29) is 0 Å². The number of methoxy groups -OCH3 is 1. The van der Waals surface area contributed by atoms with E-state index in [0.717, 1.165) is 17.1 Å². The van der Waals surface area contributed by atoms with Crippen molar-refractivity contribution in [2.45, 2.75) is 11.6 Å². The number of sulfonamides is 1. The molecule has 0 N–H and O–H groups in total. The fourth-order valence-electron chi connectivity index (χ4n) is 3.69. The molecule has 1 aliphatic heterocycles. The largest absolute Gasteiger partial charge is 0.496 e. The molecule has 0 unspecified atom stereocenters. The number of nitrogens with zero attached hydrogens (tertiary/aromatic N) is 5. The Balaban J connectivity index is 1.48. The third-order valence-corrected chi connectivity index (χ3v) is 7.83. The number of para-hydroxylation sites is 1. The average molecular weight is 460 g/mol. The summed E-state index contributed by atoms with van der Waals surface area (Å²) in [4.78, 5) is 2.49. The molecule has 2 aromatic carbocycles. The molecular formula is C21H25N5O3S2. The van der Waals surface area contributed by atoms with Gasteiger partial charge in [0.2, 0.25) is 10.0 Å². The van der Waals surface area contributed by atoms with Crippen LogP contribution in [0.15, 0.2) is 59.5 Å². The Morgan fingerprint density at radius 2 is 1.65 bits per heavy atom. The SMILES string of the molecule is COc1ccccc1-c1nn(CN2CCN(S(=O)(=O)c3ccccc3)CC2)c(=S)n1C. The first-order valence-corrected chi connectivity index (χ1v) is 11.8. The summed E-state index contributed by atoms with van der Waals surface area (Å²) in [5, 5.41) is 4.72. The van der Waals surface area contributed by atoms with Crippen LogP contribution in [-0.4, -0.2) is 65.3 Å². The lowest BCUT2D eigenvalue weighted by atomic mass is 10.2. The number of benzene rings is 2. The van der Waals surface area contributed by atoms with Crippen molar-refractivity contribution in [2.75, 3.05) is 33.3 Å². The molecule has 31 heavy (non-hydrogen) atoms. The molecule has 164 valence electrons. The topological polar surface area (TPSA) is 72.6 Å². The number of hydrogen-bond acceptors (Lipinski definition) is 6. The summed E-state index contributed by atoms with van der Waals surface area (Å²) in [5.41, 5.74) is 0.871. The molecule has 1 aliphatic rings. The van der Waals surface area contributed by atoms with E-state index >= 15 is 0 Å². The highest BCUT2D eigenvalue weighted by atomic mass is 32.2. The quantitative estimate of drug-likeness (QED) is 0.528. The zero-order valence-corrected chi connectivity index (χ0v) is 19.1. The van der Waals surface area contributed by atoms with E-state index in [1.807, 2.05) is 41.9 Å². The molecule has 0 saturated carbocycles. The lowest BCUT2D eigenvalue weighted by molar-refractivity contribution is 0.144. The Hall–Kier alpha value is -2.53. The summed E-state index contributed by atoms with van der Waals surface area (Å²) in [6.07, 6.45) is 0. The molecule has 1 aromatic heterocycles. The van der Waals surface area contributed by atoms with E-state index in [9.17, 15) is 8.42 Å². The van der Waals surface area contributed by atoms with E-state index in [1.165, 1.54) is 4.31 Å². The van der Waals surface area contributed by atoms with Gasteiger partial charge in [-0.25, -0.2) is 13.1 Å². The van der Waals surface area contributed by atoms with Gasteiger partial charge in [-0.2, -0.15) is 9.40 Å². The number of piperazine rings is 1. The van der Waals surface area contributed by atoms with Crippen LogP contribution in [0.4, 0.5) is 0 Å². The van der Waals surface area contributed by atoms with E-state index in [2.05, 4.69) is 4.90 Å². The van der Waals surface area contributed by atoms with Crippen LogP contribution in [-0.2, 0) is 23.7 Å². The smallest absolute Gasteiger partial charge is 0.243 e. The van der Waals surface area contributed by atoms with Crippen molar-refractivity contribution in [3.05, 3.63) is 59.4 Å². The highest BCUT2D eigenvalue weighted by Gasteiger charge is 2.28. The third kappa shape index (κ3) is 4.29. The minimum absolute atomic E-state index is 0.330. The van der Waals surface area contributed by atoms with Crippen molar-refractivity contribution in [3.63, 3.8) is 0 Å². The standard InChI is InChI=1S/C21H25N5O3S2/c1-23-20(18-10-6-7-11-19(18)29-2)22-26(21(23)30)16-24-12-14-25(15-13-24)31(27,28)17-8-4-3-5-9-17/h3-11H,12-16H2,1-2H3. The van der Waals surface area contributed by atoms with Crippen LogP contribution in [0.5, 0.6) is 5.75 Å². The van der Waals surface area contributed by atoms with Gasteiger partial charge in [-0.05, 0) is 36.5 Å². The van der Waals surface area contributed by atoms with E-state index in [0.29, 0.717) is 42.5 Å². The predicted octanol–water partition coefficient (Wildman–Crippen LogP) is 2.59. The van der Waals surface area contributed by atoms with Gasteiger partial charge in [-0.3, -0.25) is 4.90 Å². The molecular weight excluding hydrogens is 434 g/mol. The molecule has 4 rings (SSSR count). The Labute approximate surface area is 187 Å². The van der Waals surface area contributed by atoms with Gasteiger partial charge >= 0.3 is 0 Å². The van der Waals surface area contributed by atoms with Crippen molar-refractivity contribution in [1.82, 2.24) is 23.6 Å². The van der Waals surface area contributed by atoms with Crippen LogP contribution in [0.25, 0.3) is 11.4 Å². The molecule has 1 saturated heterocycles. The Bertz CT molecular complexity index is 1210. The molecule has 1 fully saturated rings. The van der Waals surface area contributed by atoms with Crippen LogP contribution < -0.4 is 4.74 Å². The monoisotopic (exact) mass is 459 g/mol. The second-order valence-corrected chi connectivity index (χ2v) is 9.64. The summed E-state index contributed by atoms with van der Waals surface area (Å²) in [5.74, 6) is 1.46. The van der Waals surface area contributed by atoms with E-state index in [1.54, 1.807) is 36.1 Å². The van der Waals surface area contributed by atoms with Gasteiger partial charge in [-0.1, -0.05) is 30.3 Å². The van der Waals surface area contributed by atoms with E-state index < -0.39 is 10.0 Å². The van der Waals surface area contributed by atoms with Gasteiger partial charge in [0, 0.05) is 33.2 Å². The van der Waals surface area contributed by atoms with Gasteiger partial charge in [0.1, 0.15) is 5.75 Å². The highest BCUT2D eigenvalue weighted by Crippen LogP contribution is 2.28. The maximum Gasteiger partial charge on any atom is 0.243 e. The Morgan fingerprint density at radius 1 is 1.00 bits per heavy atom. The molecule has 8 nitrogen and oxygen atoms in total. The van der Waals surface area contributed by atoms with Crippen molar-refractivity contribution >= 4 is 22.2 Å². The molecule has 0 atom stereocenters. The Morgan fingerprint density at radius 3 is 2.32 bits per heavy atom. The molecule has 0 amide bonds. The number of rotatable bonds is 6. The summed E-state index contributed by atoms with van der Waals surface area (Å²) in [6, 6.07) is 16.3. The molecule has 0 aliphatic carbocycles. The minimum atomic E-state index is -3.47. The summed E-state index contributed by atoms with van der Waals surface area (Å²) in [6.45, 7) is 2.57. The second kappa shape index (κ2) is 8.91. The number of hydrogen-bond donors (Lipinski definition) is 0. The van der Waals surface area contributed by atoms with Crippen LogP contribution in [0.3, 0.4) is 0 Å². The summed E-state index contributed by atoms with van der Waals surface area (Å²) >= 11 is 5.60. The van der Waals surface area contributed by atoms with Crippen LogP contribution >= 0.6 is 12.2 Å². The lowest BCUT2D eigenvalue weighted by Gasteiger charge is -2.33. The third-order valence-electron chi connectivity index (χ3n) is 5.43. The molecule has 3 aromatic rings. The van der Waals surface area contributed by atoms with Crippen molar-refractivity contribution in [2.24, 2.45) is 7.05 Å². The summed E-state index contributed by atoms with van der Waals surface area (Å²) in [7, 11) is 0.0521. The van der Waals surface area contributed by atoms with Gasteiger partial charge in [0.05, 0.1) is 24.2 Å². The zero-order chi connectivity index (χ0) is 22.0. The molecule has 0 bridgehead atoms. The fraction of sp³-hybridized carbons (Fsp3) is 0.333. The number of aromatic nitrogens is 3. The maximum atomic E-state index is 12.8. The second-order valence-electron chi connectivity index (χ2n) is 7.34. The summed E-state index contributed by atoms with van der Waals surface area (Å²) < 4.78 is 36.9. The first-order chi connectivity index (χ1) is 14.9. The molecule has 2 heterocycles. The minimum Gasteiger partial charge on any atom is -0.496 e. The van der Waals surface area contributed by atoms with Crippen LogP contribution in [0.2, 0.25) is 0 Å². The van der Waals surface area contributed by atoms with Gasteiger partial charge < -0.3 is 9.30 Å². The van der Waals surface area contributed by atoms with Gasteiger partial charge in [0.25, 0.3) is 0 Å². The fourth-order valence-corrected chi connectivity index (χ4v) is 5.31. The zero-order valence-electron chi connectivity index (χ0n) is 17.5. The van der Waals surface area contributed by atoms with Crippen molar-refractivity contribution in [1.29, 1.82) is 0 Å². The van der Waals surface area contributed by atoms with Crippen LogP contribution in [0.1, 0.15) is 0 Å². The molecule has 0 radical (unpaired) electrons. The first-order valence-electron chi connectivity index (χ1n) is 9.96. The van der Waals surface area contributed by atoms with Crippen molar-refractivity contribution in [3.8, 4) is 17.1 Å². The average Bonchev–Trinajstić information content (AvgIpc) is 3.08. The molecule has 10 heteroatoms. The van der Waals surface area contributed by atoms with Crippen molar-refractivity contribution < 1.29 is 13.2 Å². The Kier molecular flexibility index (Phi) is 6.24. The van der Waals surface area contributed by atoms with Gasteiger partial charge in [-0.15, -0.1) is 0 Å². The van der Waals surface area contributed by atoms with Crippen LogP contribution in [0, 0.1) is 4.77 Å². The maximum absolute atomic E-state index is 12.8. The van der Waals surface area contributed by atoms with E-state index in [4.69, 9.17) is 22.1 Å².